The third-order valence-electron chi connectivity index (χ3n) is 7.03. The maximum Gasteiger partial charge on any atom is 0.259 e. The quantitative estimate of drug-likeness (QED) is 0.430. The van der Waals surface area contributed by atoms with E-state index in [1.807, 2.05) is 12.1 Å². The highest BCUT2D eigenvalue weighted by atomic mass is 35.5. The van der Waals surface area contributed by atoms with Crippen LogP contribution in [0.2, 0.25) is 5.02 Å². The Balaban J connectivity index is 1.30. The molecule has 2 heterocycles. The summed E-state index contributed by atoms with van der Waals surface area (Å²) in [6.45, 7) is 3.48. The van der Waals surface area contributed by atoms with Crippen LogP contribution in [0.25, 0.3) is 0 Å². The second-order valence-corrected chi connectivity index (χ2v) is 9.96. The van der Waals surface area contributed by atoms with E-state index in [2.05, 4.69) is 32.7 Å². The van der Waals surface area contributed by atoms with Crippen LogP contribution in [0.4, 0.5) is 11.5 Å². The van der Waals surface area contributed by atoms with Crippen molar-refractivity contribution in [3.63, 3.8) is 0 Å². The van der Waals surface area contributed by atoms with Crippen LogP contribution in [-0.2, 0) is 5.41 Å². The van der Waals surface area contributed by atoms with E-state index in [4.69, 9.17) is 16.3 Å². The van der Waals surface area contributed by atoms with Crippen LogP contribution in [0.1, 0.15) is 52.0 Å². The van der Waals surface area contributed by atoms with Crippen molar-refractivity contribution in [2.24, 2.45) is 0 Å². The number of carbonyl (C=O) groups is 2. The number of nitrogens with one attached hydrogen (secondary N) is 2. The summed E-state index contributed by atoms with van der Waals surface area (Å²) in [5, 5.41) is 6.08. The smallest absolute Gasteiger partial charge is 0.259 e. The largest absolute Gasteiger partial charge is 0.497 e. The van der Waals surface area contributed by atoms with Crippen LogP contribution in [0.3, 0.4) is 0 Å². The Kier molecular flexibility index (Phi) is 6.94. The van der Waals surface area contributed by atoms with Crippen molar-refractivity contribution in [3.05, 3.63) is 82.5 Å². The Morgan fingerprint density at radius 3 is 2.39 bits per heavy atom. The summed E-state index contributed by atoms with van der Waals surface area (Å²) in [7, 11) is 1.52. The summed E-state index contributed by atoms with van der Waals surface area (Å²) in [5.74, 6) is 0.143. The lowest BCUT2D eigenvalue weighted by Crippen LogP contribution is -2.30. The number of nitrogens with zero attached hydrogens (tertiary/aromatic N) is 2. The predicted octanol–water partition coefficient (Wildman–Crippen LogP) is 5.38. The zero-order valence-corrected chi connectivity index (χ0v) is 21.0. The molecule has 5 rings (SSSR count). The average molecular weight is 505 g/mol. The normalized spacial score (nSPS) is 16.4. The fourth-order valence-corrected chi connectivity index (χ4v) is 4.92. The van der Waals surface area contributed by atoms with Crippen LogP contribution in [0, 0.1) is 0 Å². The molecule has 0 unspecified atom stereocenters. The van der Waals surface area contributed by atoms with Crippen molar-refractivity contribution in [1.29, 1.82) is 0 Å². The van der Waals surface area contributed by atoms with Gasteiger partial charge in [-0.2, -0.15) is 0 Å². The molecule has 0 bridgehead atoms. The number of anilines is 2. The Bertz CT molecular complexity index is 1250. The summed E-state index contributed by atoms with van der Waals surface area (Å²) in [5.41, 5.74) is 2.71. The minimum absolute atomic E-state index is 0.232. The SMILES string of the molecule is COc1ccc(NC(=O)c2ccc(C3(CN4CCCC4)CC3)cc2)c(C(=O)Nc2ccc(Cl)cn2)c1. The minimum atomic E-state index is -0.424. The lowest BCUT2D eigenvalue weighted by molar-refractivity contribution is 0.102. The molecule has 2 aromatic carbocycles. The third kappa shape index (κ3) is 5.37. The van der Waals surface area contributed by atoms with E-state index in [0.29, 0.717) is 27.8 Å². The van der Waals surface area contributed by atoms with E-state index in [1.54, 1.807) is 30.3 Å². The molecule has 1 saturated carbocycles. The first-order valence-corrected chi connectivity index (χ1v) is 12.6. The highest BCUT2D eigenvalue weighted by Gasteiger charge is 2.45. The molecule has 0 atom stereocenters. The van der Waals surface area contributed by atoms with Gasteiger partial charge in [-0.15, -0.1) is 0 Å². The van der Waals surface area contributed by atoms with Gasteiger partial charge in [0.1, 0.15) is 11.6 Å². The first-order chi connectivity index (χ1) is 17.5. The highest BCUT2D eigenvalue weighted by Crippen LogP contribution is 2.49. The zero-order chi connectivity index (χ0) is 25.1. The van der Waals surface area contributed by atoms with Gasteiger partial charge >= 0.3 is 0 Å². The molecule has 0 spiro atoms. The fourth-order valence-electron chi connectivity index (χ4n) is 4.81. The average Bonchev–Trinajstić information content (AvgIpc) is 3.50. The summed E-state index contributed by atoms with van der Waals surface area (Å²) in [4.78, 5) is 32.8. The topological polar surface area (TPSA) is 83.6 Å². The van der Waals surface area contributed by atoms with Crippen molar-refractivity contribution in [2.75, 3.05) is 37.4 Å². The second-order valence-electron chi connectivity index (χ2n) is 9.52. The fraction of sp³-hybridized carbons (Fsp3) is 0.321. The van der Waals surface area contributed by atoms with Gasteiger partial charge in [-0.25, -0.2) is 4.98 Å². The number of amides is 2. The molecule has 1 aliphatic heterocycles. The molecule has 8 heteroatoms. The molecule has 3 aromatic rings. The number of carbonyl (C=O) groups excluding carboxylic acids is 2. The second kappa shape index (κ2) is 10.3. The number of likely N-dealkylation sites (tertiary alicyclic amines) is 1. The molecular formula is C28H29ClN4O3. The highest BCUT2D eigenvalue weighted by molar-refractivity contribution is 6.30. The number of halogens is 1. The van der Waals surface area contributed by atoms with Crippen molar-refractivity contribution in [2.45, 2.75) is 31.1 Å². The monoisotopic (exact) mass is 504 g/mol. The summed E-state index contributed by atoms with van der Waals surface area (Å²) in [6, 6.07) is 16.1. The summed E-state index contributed by atoms with van der Waals surface area (Å²) < 4.78 is 5.28. The van der Waals surface area contributed by atoms with Crippen LogP contribution in [-0.4, -0.2) is 48.4 Å². The molecule has 7 nitrogen and oxygen atoms in total. The number of hydrogen-bond donors (Lipinski definition) is 2. The molecule has 0 radical (unpaired) electrons. The van der Waals surface area contributed by atoms with E-state index in [0.717, 1.165) is 6.54 Å². The Morgan fingerprint density at radius 1 is 1.00 bits per heavy atom. The molecule has 1 saturated heterocycles. The van der Waals surface area contributed by atoms with Crippen molar-refractivity contribution in [1.82, 2.24) is 9.88 Å². The van der Waals surface area contributed by atoms with Gasteiger partial charge in [-0.1, -0.05) is 23.7 Å². The lowest BCUT2D eigenvalue weighted by Gasteiger charge is -2.23. The molecule has 2 N–H and O–H groups in total. The van der Waals surface area contributed by atoms with Gasteiger partial charge in [-0.3, -0.25) is 9.59 Å². The number of pyridine rings is 1. The van der Waals surface area contributed by atoms with Crippen LogP contribution in [0.15, 0.2) is 60.8 Å². The molecule has 1 aliphatic carbocycles. The van der Waals surface area contributed by atoms with E-state index < -0.39 is 5.91 Å². The molecule has 36 heavy (non-hydrogen) atoms. The number of benzene rings is 2. The number of ether oxygens (including phenoxy) is 1. The van der Waals surface area contributed by atoms with Crippen molar-refractivity contribution < 1.29 is 14.3 Å². The molecular weight excluding hydrogens is 476 g/mol. The molecule has 2 amide bonds. The molecule has 186 valence electrons. The molecule has 1 aromatic heterocycles. The van der Waals surface area contributed by atoms with Gasteiger partial charge in [0.05, 0.1) is 23.4 Å². The van der Waals surface area contributed by atoms with Crippen LogP contribution >= 0.6 is 11.6 Å². The Morgan fingerprint density at radius 2 is 1.75 bits per heavy atom. The van der Waals surface area contributed by atoms with Crippen LogP contribution < -0.4 is 15.4 Å². The maximum atomic E-state index is 13.1. The van der Waals surface area contributed by atoms with Crippen molar-refractivity contribution in [3.8, 4) is 5.75 Å². The number of rotatable bonds is 8. The molecule has 2 aliphatic rings. The van der Waals surface area contributed by atoms with E-state index in [9.17, 15) is 9.59 Å². The van der Waals surface area contributed by atoms with Gasteiger partial charge in [0.15, 0.2) is 0 Å². The van der Waals surface area contributed by atoms with Gasteiger partial charge in [0.2, 0.25) is 0 Å². The van der Waals surface area contributed by atoms with E-state index in [-0.39, 0.29) is 16.9 Å². The number of methoxy groups -OCH3 is 1. The number of aromatic nitrogens is 1. The van der Waals surface area contributed by atoms with E-state index in [1.165, 1.54) is 57.6 Å². The Hall–Kier alpha value is -3.42. The van der Waals surface area contributed by atoms with E-state index >= 15 is 0 Å². The first kappa shape index (κ1) is 24.3. The number of hydrogen-bond acceptors (Lipinski definition) is 5. The maximum absolute atomic E-state index is 13.1. The minimum Gasteiger partial charge on any atom is -0.497 e. The summed E-state index contributed by atoms with van der Waals surface area (Å²) in [6.07, 6.45) is 6.42. The van der Waals surface area contributed by atoms with Crippen molar-refractivity contribution >= 4 is 34.9 Å². The van der Waals surface area contributed by atoms with Crippen LogP contribution in [0.5, 0.6) is 5.75 Å². The lowest BCUT2D eigenvalue weighted by atomic mass is 9.94. The van der Waals surface area contributed by atoms with Gasteiger partial charge < -0.3 is 20.3 Å². The Labute approximate surface area is 215 Å². The predicted molar refractivity (Wildman–Crippen MR) is 141 cm³/mol. The van der Waals surface area contributed by atoms with Gasteiger partial charge in [0, 0.05) is 23.7 Å². The third-order valence-corrected chi connectivity index (χ3v) is 7.25. The first-order valence-electron chi connectivity index (χ1n) is 12.2. The van der Waals surface area contributed by atoms with Gasteiger partial charge in [0.25, 0.3) is 11.8 Å². The summed E-state index contributed by atoms with van der Waals surface area (Å²) >= 11 is 5.88. The van der Waals surface area contributed by atoms with Gasteiger partial charge in [-0.05, 0) is 86.8 Å². The zero-order valence-electron chi connectivity index (χ0n) is 20.2. The standard InChI is InChI=1S/C28H29ClN4O3/c1-36-22-9-10-24(23(16-22)27(35)32-25-11-8-21(29)17-30-25)31-26(34)19-4-6-20(7-5-19)28(12-13-28)18-33-14-2-3-15-33/h4-11,16-17H,2-3,12-15,18H2,1H3,(H,31,34)(H,30,32,35). The molecule has 2 fully saturated rings.